The molecule has 2 rings (SSSR count). The van der Waals surface area contributed by atoms with Crippen molar-refractivity contribution in [3.63, 3.8) is 0 Å². The molecule has 0 saturated heterocycles. The molecule has 0 bridgehead atoms. The van der Waals surface area contributed by atoms with Crippen LogP contribution < -0.4 is 0 Å². The summed E-state index contributed by atoms with van der Waals surface area (Å²) < 4.78 is 13.3. The molecule has 0 spiro atoms. The van der Waals surface area contributed by atoms with Gasteiger partial charge in [0.2, 0.25) is 5.95 Å². The SMILES string of the molecule is CC=Cc1cnc(F)cc1C(=O)CCC1CCCC(C)C1. The molecule has 0 radical (unpaired) electrons. The number of Topliss-reactive ketones (excluding diaryl/α,β-unsaturated/α-hetero) is 1. The van der Waals surface area contributed by atoms with E-state index in [-0.39, 0.29) is 5.78 Å². The van der Waals surface area contributed by atoms with Gasteiger partial charge in [-0.3, -0.25) is 4.79 Å². The van der Waals surface area contributed by atoms with E-state index in [1.54, 1.807) is 0 Å². The molecular formula is C18H24FNO. The monoisotopic (exact) mass is 289 g/mol. The maximum Gasteiger partial charge on any atom is 0.213 e. The maximum atomic E-state index is 13.3. The van der Waals surface area contributed by atoms with Crippen molar-refractivity contribution in [2.45, 2.75) is 52.4 Å². The first kappa shape index (κ1) is 15.9. The first-order chi connectivity index (χ1) is 10.1. The van der Waals surface area contributed by atoms with Crippen LogP contribution in [0.3, 0.4) is 0 Å². The number of carbonyl (C=O) groups excluding carboxylic acids is 1. The highest BCUT2D eigenvalue weighted by atomic mass is 19.1. The van der Waals surface area contributed by atoms with Gasteiger partial charge in [-0.05, 0) is 31.6 Å². The molecule has 0 N–H and O–H groups in total. The summed E-state index contributed by atoms with van der Waals surface area (Å²) in [6, 6.07) is 1.27. The Hall–Kier alpha value is -1.51. The van der Waals surface area contributed by atoms with Crippen molar-refractivity contribution in [1.82, 2.24) is 4.98 Å². The lowest BCUT2D eigenvalue weighted by Gasteiger charge is -2.26. The van der Waals surface area contributed by atoms with E-state index in [4.69, 9.17) is 0 Å². The molecular weight excluding hydrogens is 265 g/mol. The molecule has 0 aromatic carbocycles. The number of pyridine rings is 1. The Balaban J connectivity index is 2.01. The van der Waals surface area contributed by atoms with Crippen LogP contribution in [0.1, 0.15) is 68.3 Å². The van der Waals surface area contributed by atoms with E-state index in [0.29, 0.717) is 23.5 Å². The Morgan fingerprint density at radius 3 is 3.00 bits per heavy atom. The van der Waals surface area contributed by atoms with Gasteiger partial charge in [-0.15, -0.1) is 0 Å². The summed E-state index contributed by atoms with van der Waals surface area (Å²) in [5.41, 5.74) is 1.17. The third kappa shape index (κ3) is 4.48. The van der Waals surface area contributed by atoms with E-state index in [1.807, 2.05) is 19.1 Å². The molecule has 2 unspecified atom stereocenters. The van der Waals surface area contributed by atoms with Crippen LogP contribution in [0.5, 0.6) is 0 Å². The number of hydrogen-bond acceptors (Lipinski definition) is 2. The van der Waals surface area contributed by atoms with Gasteiger partial charge in [0.05, 0.1) is 0 Å². The Kier molecular flexibility index (Phi) is 5.66. The average molecular weight is 289 g/mol. The van der Waals surface area contributed by atoms with Crippen LogP contribution in [-0.4, -0.2) is 10.8 Å². The van der Waals surface area contributed by atoms with Gasteiger partial charge in [0.1, 0.15) is 0 Å². The summed E-state index contributed by atoms with van der Waals surface area (Å²) in [6.07, 6.45) is 11.5. The lowest BCUT2D eigenvalue weighted by molar-refractivity contribution is 0.0966. The Labute approximate surface area is 126 Å². The molecule has 21 heavy (non-hydrogen) atoms. The smallest absolute Gasteiger partial charge is 0.213 e. The summed E-state index contributed by atoms with van der Waals surface area (Å²) in [6.45, 7) is 4.16. The van der Waals surface area contributed by atoms with Crippen LogP contribution in [-0.2, 0) is 0 Å². The summed E-state index contributed by atoms with van der Waals surface area (Å²) in [5.74, 6) is 0.867. The van der Waals surface area contributed by atoms with E-state index in [1.165, 1.54) is 37.9 Å². The van der Waals surface area contributed by atoms with Gasteiger partial charge >= 0.3 is 0 Å². The second-order valence-corrected chi connectivity index (χ2v) is 6.19. The minimum absolute atomic E-state index is 0.0302. The van der Waals surface area contributed by atoms with Crippen molar-refractivity contribution in [3.8, 4) is 0 Å². The average Bonchev–Trinajstić information content (AvgIpc) is 2.47. The van der Waals surface area contributed by atoms with Crippen LogP contribution in [0.15, 0.2) is 18.3 Å². The second kappa shape index (κ2) is 7.48. The molecule has 1 aliphatic rings. The molecule has 114 valence electrons. The molecule has 1 saturated carbocycles. The molecule has 1 fully saturated rings. The van der Waals surface area contributed by atoms with Crippen LogP contribution in [0.2, 0.25) is 0 Å². The van der Waals surface area contributed by atoms with Crippen molar-refractivity contribution in [3.05, 3.63) is 35.4 Å². The van der Waals surface area contributed by atoms with Gasteiger partial charge in [0, 0.05) is 29.8 Å². The molecule has 0 aliphatic heterocycles. The summed E-state index contributed by atoms with van der Waals surface area (Å²) in [5, 5.41) is 0. The molecule has 1 aromatic heterocycles. The fraction of sp³-hybridized carbons (Fsp3) is 0.556. The standard InChI is InChI=1S/C18H24FNO/c1-3-5-15-12-20-18(19)11-16(15)17(21)9-8-14-7-4-6-13(2)10-14/h3,5,11-14H,4,6-10H2,1-2H3. The minimum atomic E-state index is -0.585. The molecule has 1 aliphatic carbocycles. The van der Waals surface area contributed by atoms with Crippen LogP contribution in [0.25, 0.3) is 6.08 Å². The molecule has 0 amide bonds. The number of allylic oxidation sites excluding steroid dienone is 1. The number of aromatic nitrogens is 1. The predicted octanol–water partition coefficient (Wildman–Crippen LogP) is 5.04. The van der Waals surface area contributed by atoms with Gasteiger partial charge in [-0.1, -0.05) is 38.3 Å². The van der Waals surface area contributed by atoms with Crippen LogP contribution in [0, 0.1) is 17.8 Å². The van der Waals surface area contributed by atoms with Crippen molar-refractivity contribution in [2.24, 2.45) is 11.8 Å². The van der Waals surface area contributed by atoms with Crippen molar-refractivity contribution >= 4 is 11.9 Å². The van der Waals surface area contributed by atoms with Gasteiger partial charge in [0.15, 0.2) is 5.78 Å². The zero-order valence-electron chi connectivity index (χ0n) is 12.9. The van der Waals surface area contributed by atoms with Crippen LogP contribution in [0.4, 0.5) is 4.39 Å². The first-order valence-corrected chi connectivity index (χ1v) is 7.91. The number of rotatable bonds is 5. The minimum Gasteiger partial charge on any atom is -0.294 e. The van der Waals surface area contributed by atoms with E-state index >= 15 is 0 Å². The van der Waals surface area contributed by atoms with E-state index in [2.05, 4.69) is 11.9 Å². The highest BCUT2D eigenvalue weighted by Gasteiger charge is 2.20. The third-order valence-corrected chi connectivity index (χ3v) is 4.37. The Morgan fingerprint density at radius 2 is 2.29 bits per heavy atom. The van der Waals surface area contributed by atoms with Crippen molar-refractivity contribution in [2.75, 3.05) is 0 Å². The fourth-order valence-corrected chi connectivity index (χ4v) is 3.29. The van der Waals surface area contributed by atoms with Crippen molar-refractivity contribution in [1.29, 1.82) is 0 Å². The molecule has 3 heteroatoms. The molecule has 2 atom stereocenters. The molecule has 1 heterocycles. The predicted molar refractivity (Wildman–Crippen MR) is 83.6 cm³/mol. The Bertz CT molecular complexity index is 524. The van der Waals surface area contributed by atoms with E-state index in [0.717, 1.165) is 12.3 Å². The summed E-state index contributed by atoms with van der Waals surface area (Å²) in [7, 11) is 0. The first-order valence-electron chi connectivity index (χ1n) is 7.91. The van der Waals surface area contributed by atoms with Crippen LogP contribution >= 0.6 is 0 Å². The zero-order chi connectivity index (χ0) is 15.2. The highest BCUT2D eigenvalue weighted by molar-refractivity contribution is 5.99. The van der Waals surface area contributed by atoms with Gasteiger partial charge < -0.3 is 0 Å². The number of ketones is 1. The largest absolute Gasteiger partial charge is 0.294 e. The number of halogens is 1. The lowest BCUT2D eigenvalue weighted by atomic mass is 9.79. The third-order valence-electron chi connectivity index (χ3n) is 4.37. The van der Waals surface area contributed by atoms with Gasteiger partial charge in [-0.2, -0.15) is 4.39 Å². The number of nitrogens with zero attached hydrogens (tertiary/aromatic N) is 1. The Morgan fingerprint density at radius 1 is 1.48 bits per heavy atom. The lowest BCUT2D eigenvalue weighted by Crippen LogP contribution is -2.15. The van der Waals surface area contributed by atoms with Crippen molar-refractivity contribution < 1.29 is 9.18 Å². The summed E-state index contributed by atoms with van der Waals surface area (Å²) >= 11 is 0. The van der Waals surface area contributed by atoms with Gasteiger partial charge in [-0.25, -0.2) is 4.98 Å². The summed E-state index contributed by atoms with van der Waals surface area (Å²) in [4.78, 5) is 16.0. The molecule has 2 nitrogen and oxygen atoms in total. The van der Waals surface area contributed by atoms with E-state index < -0.39 is 5.95 Å². The second-order valence-electron chi connectivity index (χ2n) is 6.19. The van der Waals surface area contributed by atoms with Gasteiger partial charge in [0.25, 0.3) is 0 Å². The zero-order valence-corrected chi connectivity index (χ0v) is 12.9. The van der Waals surface area contributed by atoms with E-state index in [9.17, 15) is 9.18 Å². The normalized spacial score (nSPS) is 22.6. The fourth-order valence-electron chi connectivity index (χ4n) is 3.29. The number of hydrogen-bond donors (Lipinski definition) is 0. The quantitative estimate of drug-likeness (QED) is 0.561. The molecule has 1 aromatic rings. The maximum absolute atomic E-state index is 13.3. The highest BCUT2D eigenvalue weighted by Crippen LogP contribution is 2.32. The number of carbonyl (C=O) groups is 1. The topological polar surface area (TPSA) is 30.0 Å².